The van der Waals surface area contributed by atoms with Crippen LogP contribution in [0.25, 0.3) is 0 Å². The van der Waals surface area contributed by atoms with Gasteiger partial charge >= 0.3 is 5.97 Å². The Labute approximate surface area is 129 Å². The van der Waals surface area contributed by atoms with Crippen LogP contribution in [0.3, 0.4) is 0 Å². The number of thioether (sulfide) groups is 1. The summed E-state index contributed by atoms with van der Waals surface area (Å²) >= 11 is 2.92. The van der Waals surface area contributed by atoms with Gasteiger partial charge in [0.25, 0.3) is 0 Å². The van der Waals surface area contributed by atoms with Gasteiger partial charge in [-0.2, -0.15) is 0 Å². The van der Waals surface area contributed by atoms with Gasteiger partial charge in [-0.1, -0.05) is 19.8 Å². The predicted octanol–water partition coefficient (Wildman–Crippen LogP) is 4.47. The van der Waals surface area contributed by atoms with E-state index in [0.29, 0.717) is 13.0 Å². The minimum absolute atomic E-state index is 0.197. The summed E-state index contributed by atoms with van der Waals surface area (Å²) in [7, 11) is 0. The molecule has 0 aliphatic heterocycles. The molecule has 20 heavy (non-hydrogen) atoms. The molecular formula is C15H22O3S2. The van der Waals surface area contributed by atoms with Crippen molar-refractivity contribution in [1.29, 1.82) is 0 Å². The second-order valence-corrected chi connectivity index (χ2v) is 6.80. The Morgan fingerprint density at radius 1 is 1.30 bits per heavy atom. The lowest BCUT2D eigenvalue weighted by molar-refractivity contribution is -0.139. The Morgan fingerprint density at radius 2 is 2.05 bits per heavy atom. The second kappa shape index (κ2) is 9.19. The van der Waals surface area contributed by atoms with Gasteiger partial charge in [0.1, 0.15) is 0 Å². The van der Waals surface area contributed by atoms with Crippen LogP contribution in [0.15, 0.2) is 11.0 Å². The van der Waals surface area contributed by atoms with E-state index < -0.39 is 0 Å². The van der Waals surface area contributed by atoms with Crippen molar-refractivity contribution in [2.24, 2.45) is 0 Å². The van der Waals surface area contributed by atoms with E-state index in [0.717, 1.165) is 33.9 Å². The van der Waals surface area contributed by atoms with Crippen molar-refractivity contribution in [1.82, 2.24) is 0 Å². The van der Waals surface area contributed by atoms with Crippen LogP contribution >= 0.6 is 23.1 Å². The summed E-state index contributed by atoms with van der Waals surface area (Å²) < 4.78 is 4.91. The maximum Gasteiger partial charge on any atom is 0.316 e. The van der Waals surface area contributed by atoms with E-state index in [1.165, 1.54) is 23.1 Å². The highest BCUT2D eigenvalue weighted by Crippen LogP contribution is 2.32. The molecule has 0 atom stereocenters. The topological polar surface area (TPSA) is 43.4 Å². The van der Waals surface area contributed by atoms with E-state index in [9.17, 15) is 9.59 Å². The molecule has 0 aliphatic carbocycles. The van der Waals surface area contributed by atoms with Crippen LogP contribution in [0.1, 0.15) is 54.1 Å². The zero-order valence-electron chi connectivity index (χ0n) is 12.4. The number of thiophene rings is 1. The third kappa shape index (κ3) is 5.67. The minimum Gasteiger partial charge on any atom is -0.465 e. The van der Waals surface area contributed by atoms with Crippen LogP contribution in [0.5, 0.6) is 0 Å². The maximum absolute atomic E-state index is 12.2. The lowest BCUT2D eigenvalue weighted by Crippen LogP contribution is -2.07. The highest BCUT2D eigenvalue weighted by Gasteiger charge is 2.16. The fraction of sp³-hybridized carbons (Fsp3) is 0.600. The number of Topliss-reactive ketones (excluding diaryl/α,β-unsaturated/α-hetero) is 1. The van der Waals surface area contributed by atoms with Crippen molar-refractivity contribution in [2.45, 2.75) is 51.3 Å². The van der Waals surface area contributed by atoms with Crippen LogP contribution in [-0.4, -0.2) is 24.1 Å². The number of carbonyl (C=O) groups is 2. The molecule has 0 amide bonds. The number of esters is 1. The lowest BCUT2D eigenvalue weighted by atomic mass is 10.1. The van der Waals surface area contributed by atoms with Crippen molar-refractivity contribution in [3.05, 3.63) is 15.8 Å². The van der Waals surface area contributed by atoms with E-state index in [1.807, 2.05) is 13.0 Å². The zero-order valence-corrected chi connectivity index (χ0v) is 14.0. The average molecular weight is 314 g/mol. The Morgan fingerprint density at radius 3 is 2.70 bits per heavy atom. The van der Waals surface area contributed by atoms with Gasteiger partial charge in [0, 0.05) is 16.2 Å². The van der Waals surface area contributed by atoms with E-state index >= 15 is 0 Å². The highest BCUT2D eigenvalue weighted by atomic mass is 32.2. The SMILES string of the molecule is CCCCCC(=O)c1sc(C)cc1SCC(=O)OCC. The maximum atomic E-state index is 12.2. The van der Waals surface area contributed by atoms with Gasteiger partial charge in [-0.15, -0.1) is 23.1 Å². The summed E-state index contributed by atoms with van der Waals surface area (Å²) in [5, 5.41) is 0. The Hall–Kier alpha value is -0.810. The molecule has 0 saturated carbocycles. The van der Waals surface area contributed by atoms with Crippen LogP contribution in [-0.2, 0) is 9.53 Å². The number of ether oxygens (including phenoxy) is 1. The highest BCUT2D eigenvalue weighted by molar-refractivity contribution is 8.00. The van der Waals surface area contributed by atoms with Crippen molar-refractivity contribution < 1.29 is 14.3 Å². The minimum atomic E-state index is -0.231. The van der Waals surface area contributed by atoms with Gasteiger partial charge in [0.2, 0.25) is 0 Å². The summed E-state index contributed by atoms with van der Waals surface area (Å²) in [6, 6.07) is 1.99. The molecule has 1 rings (SSSR count). The van der Waals surface area contributed by atoms with Gasteiger partial charge in [-0.05, 0) is 26.3 Å². The largest absolute Gasteiger partial charge is 0.465 e. The summed E-state index contributed by atoms with van der Waals surface area (Å²) in [5.41, 5.74) is 0. The number of ketones is 1. The van der Waals surface area contributed by atoms with Crippen LogP contribution in [0.2, 0.25) is 0 Å². The molecule has 1 aromatic heterocycles. The molecule has 0 bridgehead atoms. The first kappa shape index (κ1) is 17.2. The van der Waals surface area contributed by atoms with Crippen LogP contribution in [0, 0.1) is 6.92 Å². The average Bonchev–Trinajstić information content (AvgIpc) is 2.78. The van der Waals surface area contributed by atoms with Crippen molar-refractivity contribution in [3.63, 3.8) is 0 Å². The fourth-order valence-corrected chi connectivity index (χ4v) is 3.89. The molecule has 0 spiro atoms. The molecule has 112 valence electrons. The molecule has 3 nitrogen and oxygen atoms in total. The number of unbranched alkanes of at least 4 members (excludes halogenated alkanes) is 2. The zero-order chi connectivity index (χ0) is 15.0. The molecule has 0 radical (unpaired) electrons. The summed E-state index contributed by atoms with van der Waals surface area (Å²) in [5.74, 6) is 0.229. The third-order valence-electron chi connectivity index (χ3n) is 2.73. The first-order chi connectivity index (χ1) is 9.58. The normalized spacial score (nSPS) is 10.6. The summed E-state index contributed by atoms with van der Waals surface area (Å²) in [6.45, 7) is 6.30. The smallest absolute Gasteiger partial charge is 0.316 e. The first-order valence-corrected chi connectivity index (χ1v) is 8.80. The molecule has 5 heteroatoms. The summed E-state index contributed by atoms with van der Waals surface area (Å²) in [6.07, 6.45) is 3.73. The van der Waals surface area contributed by atoms with E-state index in [1.54, 1.807) is 6.92 Å². The van der Waals surface area contributed by atoms with Crippen molar-refractivity contribution in [2.75, 3.05) is 12.4 Å². The second-order valence-electron chi connectivity index (χ2n) is 4.52. The van der Waals surface area contributed by atoms with E-state index in [4.69, 9.17) is 4.74 Å². The van der Waals surface area contributed by atoms with Crippen LogP contribution < -0.4 is 0 Å². The Kier molecular flexibility index (Phi) is 7.92. The first-order valence-electron chi connectivity index (χ1n) is 7.00. The van der Waals surface area contributed by atoms with Gasteiger partial charge in [0.05, 0.1) is 17.2 Å². The molecular weight excluding hydrogens is 292 g/mol. The monoisotopic (exact) mass is 314 g/mol. The molecule has 0 aromatic carbocycles. The van der Waals surface area contributed by atoms with E-state index in [2.05, 4.69) is 6.92 Å². The molecule has 1 heterocycles. The fourth-order valence-electron chi connectivity index (χ4n) is 1.78. The number of carbonyl (C=O) groups excluding carboxylic acids is 2. The number of aryl methyl sites for hydroxylation is 1. The van der Waals surface area contributed by atoms with E-state index in [-0.39, 0.29) is 17.5 Å². The van der Waals surface area contributed by atoms with Crippen LogP contribution in [0.4, 0.5) is 0 Å². The summed E-state index contributed by atoms with van der Waals surface area (Å²) in [4.78, 5) is 26.4. The third-order valence-corrected chi connectivity index (χ3v) is 4.97. The van der Waals surface area contributed by atoms with Gasteiger partial charge in [-0.25, -0.2) is 0 Å². The molecule has 0 saturated heterocycles. The lowest BCUT2D eigenvalue weighted by Gasteiger charge is -2.03. The molecule has 1 aromatic rings. The molecule has 0 unspecified atom stereocenters. The Bertz CT molecular complexity index is 452. The predicted molar refractivity (Wildman–Crippen MR) is 84.9 cm³/mol. The molecule has 0 aliphatic rings. The number of hydrogen-bond donors (Lipinski definition) is 0. The van der Waals surface area contributed by atoms with Crippen molar-refractivity contribution in [3.8, 4) is 0 Å². The van der Waals surface area contributed by atoms with Gasteiger partial charge in [-0.3, -0.25) is 9.59 Å². The number of hydrogen-bond acceptors (Lipinski definition) is 5. The van der Waals surface area contributed by atoms with Gasteiger partial charge in [0.15, 0.2) is 5.78 Å². The molecule has 0 fully saturated rings. The Balaban J connectivity index is 2.62. The van der Waals surface area contributed by atoms with Crippen molar-refractivity contribution >= 4 is 34.9 Å². The molecule has 0 N–H and O–H groups in total. The number of rotatable bonds is 9. The van der Waals surface area contributed by atoms with Gasteiger partial charge < -0.3 is 4.74 Å². The quantitative estimate of drug-likeness (QED) is 0.292. The standard InChI is InChI=1S/C15H22O3S2/c1-4-6-7-8-12(16)15-13(9-11(3)20-15)19-10-14(17)18-5-2/h9H,4-8,10H2,1-3H3.